The molecule has 1 rings (SSSR count). The summed E-state index contributed by atoms with van der Waals surface area (Å²) in [5.74, 6) is 0. The maximum Gasteiger partial charge on any atom is 0.373 e. The number of carbonyl (C=O) groups excluding carboxylic acids is 4. The smallest absolute Gasteiger partial charge is 0.186 e. The van der Waals surface area contributed by atoms with Gasteiger partial charge in [-0.1, -0.05) is 51.0 Å². The fourth-order valence-corrected chi connectivity index (χ4v) is 2.76. The zero-order valence-corrected chi connectivity index (χ0v) is 11.8. The first-order valence-electron chi connectivity index (χ1n) is 6.31. The molecule has 0 aliphatic heterocycles. The average molecular weight is 266 g/mol. The highest BCUT2D eigenvalue weighted by Crippen LogP contribution is 2.49. The standard InChI is InChI=1S/C13H22.2CO2/c1-5-7-13(8-6-2)9-11(3)12(4)10-13;2*2-1-3/h3-10H2,1-2H3;;. The largest absolute Gasteiger partial charge is 0.373 e. The summed E-state index contributed by atoms with van der Waals surface area (Å²) in [5.41, 5.74) is 3.15. The van der Waals surface area contributed by atoms with Crippen LogP contribution in [-0.4, -0.2) is 12.3 Å². The van der Waals surface area contributed by atoms with Gasteiger partial charge in [-0.3, -0.25) is 0 Å². The van der Waals surface area contributed by atoms with Crippen molar-refractivity contribution < 1.29 is 19.2 Å². The second-order valence-corrected chi connectivity index (χ2v) is 4.73. The molecule has 1 aliphatic carbocycles. The molecule has 0 aromatic rings. The van der Waals surface area contributed by atoms with Crippen molar-refractivity contribution in [1.82, 2.24) is 0 Å². The molecule has 0 aromatic carbocycles. The topological polar surface area (TPSA) is 68.3 Å². The van der Waals surface area contributed by atoms with E-state index in [9.17, 15) is 0 Å². The van der Waals surface area contributed by atoms with Crippen molar-refractivity contribution in [3.63, 3.8) is 0 Å². The van der Waals surface area contributed by atoms with Crippen molar-refractivity contribution in [2.24, 2.45) is 5.41 Å². The van der Waals surface area contributed by atoms with Crippen molar-refractivity contribution in [2.75, 3.05) is 0 Å². The summed E-state index contributed by atoms with van der Waals surface area (Å²) in [5, 5.41) is 0. The summed E-state index contributed by atoms with van der Waals surface area (Å²) in [4.78, 5) is 32.5. The van der Waals surface area contributed by atoms with Gasteiger partial charge in [-0.05, 0) is 31.1 Å². The third kappa shape index (κ3) is 8.04. The molecule has 0 radical (unpaired) electrons. The predicted molar refractivity (Wildman–Crippen MR) is 69.8 cm³/mol. The Kier molecular flexibility index (Phi) is 11.7. The predicted octanol–water partition coefficient (Wildman–Crippen LogP) is 3.31. The maximum atomic E-state index is 8.12. The Labute approximate surface area is 114 Å². The summed E-state index contributed by atoms with van der Waals surface area (Å²) < 4.78 is 0. The molecule has 0 atom stereocenters. The van der Waals surface area contributed by atoms with Gasteiger partial charge in [0.05, 0.1) is 0 Å². The van der Waals surface area contributed by atoms with Gasteiger partial charge in [0, 0.05) is 0 Å². The van der Waals surface area contributed by atoms with Gasteiger partial charge in [0.15, 0.2) is 0 Å². The lowest BCUT2D eigenvalue weighted by Crippen LogP contribution is -2.15. The van der Waals surface area contributed by atoms with Crippen LogP contribution in [0.25, 0.3) is 0 Å². The van der Waals surface area contributed by atoms with Crippen molar-refractivity contribution in [3.8, 4) is 0 Å². The summed E-state index contributed by atoms with van der Waals surface area (Å²) in [6, 6.07) is 0. The van der Waals surface area contributed by atoms with Gasteiger partial charge in [-0.2, -0.15) is 19.2 Å². The van der Waals surface area contributed by atoms with E-state index >= 15 is 0 Å². The van der Waals surface area contributed by atoms with Crippen molar-refractivity contribution in [1.29, 1.82) is 0 Å². The summed E-state index contributed by atoms with van der Waals surface area (Å²) in [6.07, 6.45) is 8.18. The lowest BCUT2D eigenvalue weighted by Gasteiger charge is -2.27. The van der Waals surface area contributed by atoms with E-state index in [1.807, 2.05) is 0 Å². The highest BCUT2D eigenvalue weighted by Gasteiger charge is 2.35. The lowest BCUT2D eigenvalue weighted by molar-refractivity contribution is -0.193. The van der Waals surface area contributed by atoms with Crippen molar-refractivity contribution in [3.05, 3.63) is 24.3 Å². The summed E-state index contributed by atoms with van der Waals surface area (Å²) in [7, 11) is 0. The number of allylic oxidation sites excluding steroid dienone is 2. The molecule has 0 aromatic heterocycles. The van der Waals surface area contributed by atoms with E-state index in [1.165, 1.54) is 49.7 Å². The molecule has 1 saturated carbocycles. The van der Waals surface area contributed by atoms with E-state index in [1.54, 1.807) is 0 Å². The van der Waals surface area contributed by atoms with E-state index in [0.717, 1.165) is 0 Å². The Morgan fingerprint density at radius 3 is 1.37 bits per heavy atom. The molecule has 4 heteroatoms. The molecular weight excluding hydrogens is 244 g/mol. The molecule has 0 amide bonds. The van der Waals surface area contributed by atoms with E-state index in [-0.39, 0.29) is 12.3 Å². The molecule has 0 heterocycles. The van der Waals surface area contributed by atoms with Crippen molar-refractivity contribution >= 4 is 12.3 Å². The zero-order valence-electron chi connectivity index (χ0n) is 11.8. The first-order chi connectivity index (χ1) is 8.96. The second-order valence-electron chi connectivity index (χ2n) is 4.73. The van der Waals surface area contributed by atoms with E-state index in [2.05, 4.69) is 27.0 Å². The summed E-state index contributed by atoms with van der Waals surface area (Å²) >= 11 is 0. The van der Waals surface area contributed by atoms with Gasteiger partial charge in [0.1, 0.15) is 0 Å². The number of hydrogen-bond acceptors (Lipinski definition) is 4. The number of hydrogen-bond donors (Lipinski definition) is 0. The van der Waals surface area contributed by atoms with Crippen LogP contribution in [0.1, 0.15) is 52.4 Å². The first kappa shape index (κ1) is 19.6. The third-order valence-electron chi connectivity index (χ3n) is 3.24. The van der Waals surface area contributed by atoms with Gasteiger partial charge in [0.25, 0.3) is 0 Å². The molecule has 0 unspecified atom stereocenters. The van der Waals surface area contributed by atoms with Gasteiger partial charge in [-0.15, -0.1) is 0 Å². The normalized spacial score (nSPS) is 15.3. The average Bonchev–Trinajstić information content (AvgIpc) is 2.57. The van der Waals surface area contributed by atoms with Crippen LogP contribution in [0.15, 0.2) is 24.3 Å². The van der Waals surface area contributed by atoms with Crippen LogP contribution >= 0.6 is 0 Å². The van der Waals surface area contributed by atoms with Gasteiger partial charge in [-0.25, -0.2) is 0 Å². The minimum absolute atomic E-state index is 0.250. The Morgan fingerprint density at radius 2 is 1.16 bits per heavy atom. The second kappa shape index (κ2) is 11.3. The fraction of sp³-hybridized carbons (Fsp3) is 0.600. The molecular formula is C15H22O4. The van der Waals surface area contributed by atoms with E-state index in [4.69, 9.17) is 19.2 Å². The highest BCUT2D eigenvalue weighted by atomic mass is 16.2. The maximum absolute atomic E-state index is 8.12. The molecule has 1 fully saturated rings. The summed E-state index contributed by atoms with van der Waals surface area (Å²) in [6.45, 7) is 12.7. The molecule has 0 bridgehead atoms. The Hall–Kier alpha value is -1.76. The van der Waals surface area contributed by atoms with E-state index < -0.39 is 0 Å². The molecule has 0 saturated heterocycles. The van der Waals surface area contributed by atoms with Crippen molar-refractivity contribution in [2.45, 2.75) is 52.4 Å². The first-order valence-corrected chi connectivity index (χ1v) is 6.31. The van der Waals surface area contributed by atoms with Crippen LogP contribution < -0.4 is 0 Å². The highest BCUT2D eigenvalue weighted by molar-refractivity contribution is 5.33. The fourth-order valence-electron chi connectivity index (χ4n) is 2.76. The van der Waals surface area contributed by atoms with Crippen LogP contribution in [-0.2, 0) is 19.2 Å². The van der Waals surface area contributed by atoms with Gasteiger partial charge >= 0.3 is 12.3 Å². The molecule has 4 nitrogen and oxygen atoms in total. The minimum atomic E-state index is 0.250. The van der Waals surface area contributed by atoms with Crippen LogP contribution in [0.3, 0.4) is 0 Å². The van der Waals surface area contributed by atoms with Gasteiger partial charge < -0.3 is 0 Å². The van der Waals surface area contributed by atoms with Crippen LogP contribution in [0, 0.1) is 5.41 Å². The minimum Gasteiger partial charge on any atom is -0.186 e. The molecule has 0 spiro atoms. The Morgan fingerprint density at radius 1 is 0.895 bits per heavy atom. The molecule has 1 aliphatic rings. The van der Waals surface area contributed by atoms with Gasteiger partial charge in [0.2, 0.25) is 0 Å². The number of rotatable bonds is 4. The SMILES string of the molecule is C=C1CC(CCC)(CCC)CC1=C.O=C=O.O=C=O. The molecule has 106 valence electrons. The van der Waals surface area contributed by atoms with Crippen LogP contribution in [0.5, 0.6) is 0 Å². The molecule has 0 N–H and O–H groups in total. The monoisotopic (exact) mass is 266 g/mol. The van der Waals surface area contributed by atoms with Crippen LogP contribution in [0.4, 0.5) is 0 Å². The third-order valence-corrected chi connectivity index (χ3v) is 3.24. The van der Waals surface area contributed by atoms with E-state index in [0.29, 0.717) is 5.41 Å². The molecule has 19 heavy (non-hydrogen) atoms. The quantitative estimate of drug-likeness (QED) is 0.782. The Balaban J connectivity index is 0. The lowest BCUT2D eigenvalue weighted by atomic mass is 9.77. The Bertz CT molecular complexity index is 320. The zero-order chi connectivity index (χ0) is 15.3. The van der Waals surface area contributed by atoms with Crippen LogP contribution in [0.2, 0.25) is 0 Å².